The second-order valence-corrected chi connectivity index (χ2v) is 2.97. The standard InChI is InChI=1S/C11H16O2/c1-2-4-10-5-3-6-11(9-10)13-8-7-12/h3,5-6,9,12H,2,4,7-8H2,1H3. The molecular formula is C11H16O2. The van der Waals surface area contributed by atoms with Gasteiger partial charge in [0.05, 0.1) is 6.61 Å². The van der Waals surface area contributed by atoms with E-state index in [0.29, 0.717) is 6.61 Å². The fourth-order valence-corrected chi connectivity index (χ4v) is 1.24. The normalized spacial score (nSPS) is 10.0. The molecule has 13 heavy (non-hydrogen) atoms. The molecule has 0 fully saturated rings. The van der Waals surface area contributed by atoms with Crippen molar-refractivity contribution in [1.82, 2.24) is 0 Å². The smallest absolute Gasteiger partial charge is 0.119 e. The molecular weight excluding hydrogens is 164 g/mol. The van der Waals surface area contributed by atoms with Crippen LogP contribution in [0.1, 0.15) is 18.9 Å². The number of aryl methyl sites for hydroxylation is 1. The van der Waals surface area contributed by atoms with Crippen molar-refractivity contribution in [3.8, 4) is 5.75 Å². The molecule has 0 radical (unpaired) electrons. The van der Waals surface area contributed by atoms with Crippen LogP contribution < -0.4 is 4.74 Å². The van der Waals surface area contributed by atoms with E-state index in [1.807, 2.05) is 18.2 Å². The van der Waals surface area contributed by atoms with E-state index < -0.39 is 0 Å². The molecule has 0 saturated carbocycles. The largest absolute Gasteiger partial charge is 0.491 e. The third-order valence-corrected chi connectivity index (χ3v) is 1.80. The SMILES string of the molecule is CCCc1cccc(OCCO)c1. The fourth-order valence-electron chi connectivity index (χ4n) is 1.24. The van der Waals surface area contributed by atoms with E-state index in [9.17, 15) is 0 Å². The lowest BCUT2D eigenvalue weighted by molar-refractivity contribution is 0.201. The average Bonchev–Trinajstić information content (AvgIpc) is 2.16. The molecule has 1 rings (SSSR count). The lowest BCUT2D eigenvalue weighted by Gasteiger charge is -2.05. The van der Waals surface area contributed by atoms with Gasteiger partial charge < -0.3 is 9.84 Å². The van der Waals surface area contributed by atoms with E-state index in [0.717, 1.165) is 18.6 Å². The summed E-state index contributed by atoms with van der Waals surface area (Å²) in [5.74, 6) is 0.847. The van der Waals surface area contributed by atoms with Crippen molar-refractivity contribution in [3.63, 3.8) is 0 Å². The summed E-state index contributed by atoms with van der Waals surface area (Å²) in [6.45, 7) is 2.59. The predicted molar refractivity (Wildman–Crippen MR) is 53.0 cm³/mol. The number of aliphatic hydroxyl groups is 1. The molecule has 0 heterocycles. The maximum Gasteiger partial charge on any atom is 0.119 e. The second kappa shape index (κ2) is 5.60. The van der Waals surface area contributed by atoms with Crippen LogP contribution in [-0.2, 0) is 6.42 Å². The molecule has 2 heteroatoms. The van der Waals surface area contributed by atoms with E-state index in [-0.39, 0.29) is 6.61 Å². The Morgan fingerprint density at radius 1 is 1.38 bits per heavy atom. The van der Waals surface area contributed by atoms with Crippen LogP contribution in [0, 0.1) is 0 Å². The number of rotatable bonds is 5. The summed E-state index contributed by atoms with van der Waals surface area (Å²) >= 11 is 0. The summed E-state index contributed by atoms with van der Waals surface area (Å²) in [5, 5.41) is 8.58. The van der Waals surface area contributed by atoms with E-state index in [1.165, 1.54) is 5.56 Å². The third-order valence-electron chi connectivity index (χ3n) is 1.80. The first-order chi connectivity index (χ1) is 6.36. The predicted octanol–water partition coefficient (Wildman–Crippen LogP) is 2.01. The van der Waals surface area contributed by atoms with Gasteiger partial charge in [0.25, 0.3) is 0 Å². The minimum absolute atomic E-state index is 0.0675. The molecule has 0 unspecified atom stereocenters. The highest BCUT2D eigenvalue weighted by molar-refractivity contribution is 5.28. The minimum Gasteiger partial charge on any atom is -0.491 e. The van der Waals surface area contributed by atoms with Gasteiger partial charge in [-0.1, -0.05) is 25.5 Å². The second-order valence-electron chi connectivity index (χ2n) is 2.97. The highest BCUT2D eigenvalue weighted by atomic mass is 16.5. The Hall–Kier alpha value is -1.02. The molecule has 0 aliphatic rings. The number of benzene rings is 1. The molecule has 0 atom stereocenters. The summed E-state index contributed by atoms with van der Waals surface area (Å²) in [4.78, 5) is 0. The fraction of sp³-hybridized carbons (Fsp3) is 0.455. The summed E-state index contributed by atoms with van der Waals surface area (Å²) in [6.07, 6.45) is 2.22. The van der Waals surface area contributed by atoms with Gasteiger partial charge in [0, 0.05) is 0 Å². The van der Waals surface area contributed by atoms with E-state index in [2.05, 4.69) is 13.0 Å². The Labute approximate surface area is 79.2 Å². The van der Waals surface area contributed by atoms with E-state index in [1.54, 1.807) is 0 Å². The number of ether oxygens (including phenoxy) is 1. The highest BCUT2D eigenvalue weighted by Crippen LogP contribution is 2.14. The van der Waals surface area contributed by atoms with Gasteiger partial charge in [-0.25, -0.2) is 0 Å². The molecule has 0 amide bonds. The third kappa shape index (κ3) is 3.47. The zero-order valence-electron chi connectivity index (χ0n) is 7.99. The molecule has 0 saturated heterocycles. The first-order valence-electron chi connectivity index (χ1n) is 4.69. The zero-order chi connectivity index (χ0) is 9.52. The maximum absolute atomic E-state index is 8.58. The molecule has 0 aromatic heterocycles. The monoisotopic (exact) mass is 180 g/mol. The Morgan fingerprint density at radius 2 is 2.23 bits per heavy atom. The summed E-state index contributed by atoms with van der Waals surface area (Å²) in [7, 11) is 0. The van der Waals surface area contributed by atoms with Crippen molar-refractivity contribution in [2.75, 3.05) is 13.2 Å². The number of hydrogen-bond donors (Lipinski definition) is 1. The Balaban J connectivity index is 2.56. The highest BCUT2D eigenvalue weighted by Gasteiger charge is 1.95. The van der Waals surface area contributed by atoms with Crippen molar-refractivity contribution in [2.45, 2.75) is 19.8 Å². The lowest BCUT2D eigenvalue weighted by atomic mass is 10.1. The molecule has 1 aromatic carbocycles. The molecule has 1 aromatic rings. The first kappa shape index (κ1) is 10.1. The maximum atomic E-state index is 8.58. The van der Waals surface area contributed by atoms with E-state index >= 15 is 0 Å². The molecule has 0 bridgehead atoms. The van der Waals surface area contributed by atoms with Crippen molar-refractivity contribution in [1.29, 1.82) is 0 Å². The molecule has 0 aliphatic carbocycles. The molecule has 0 aliphatic heterocycles. The van der Waals surface area contributed by atoms with Crippen LogP contribution in [0.3, 0.4) is 0 Å². The van der Waals surface area contributed by atoms with Crippen LogP contribution in [0.25, 0.3) is 0 Å². The quantitative estimate of drug-likeness (QED) is 0.751. The van der Waals surface area contributed by atoms with Crippen molar-refractivity contribution < 1.29 is 9.84 Å². The van der Waals surface area contributed by atoms with Gasteiger partial charge in [0.1, 0.15) is 12.4 Å². The Kier molecular flexibility index (Phi) is 4.33. The zero-order valence-corrected chi connectivity index (χ0v) is 7.99. The summed E-state index contributed by atoms with van der Waals surface area (Å²) in [6, 6.07) is 8.01. The van der Waals surface area contributed by atoms with E-state index in [4.69, 9.17) is 9.84 Å². The molecule has 0 spiro atoms. The van der Waals surface area contributed by atoms with Crippen molar-refractivity contribution in [3.05, 3.63) is 29.8 Å². The van der Waals surface area contributed by atoms with Gasteiger partial charge in [-0.15, -0.1) is 0 Å². The molecule has 72 valence electrons. The van der Waals surface area contributed by atoms with Crippen LogP contribution in [-0.4, -0.2) is 18.3 Å². The van der Waals surface area contributed by atoms with Gasteiger partial charge in [0.2, 0.25) is 0 Å². The van der Waals surface area contributed by atoms with Crippen LogP contribution in [0.4, 0.5) is 0 Å². The molecule has 1 N–H and O–H groups in total. The minimum atomic E-state index is 0.0675. The van der Waals surface area contributed by atoms with Gasteiger partial charge in [-0.05, 0) is 24.1 Å². The van der Waals surface area contributed by atoms with Gasteiger partial charge in [-0.2, -0.15) is 0 Å². The van der Waals surface area contributed by atoms with Gasteiger partial charge in [-0.3, -0.25) is 0 Å². The van der Waals surface area contributed by atoms with Gasteiger partial charge >= 0.3 is 0 Å². The lowest BCUT2D eigenvalue weighted by Crippen LogP contribution is -2.01. The van der Waals surface area contributed by atoms with Crippen LogP contribution in [0.2, 0.25) is 0 Å². The Bertz CT molecular complexity index is 246. The number of hydrogen-bond acceptors (Lipinski definition) is 2. The summed E-state index contributed by atoms with van der Waals surface area (Å²) in [5.41, 5.74) is 1.29. The van der Waals surface area contributed by atoms with Crippen molar-refractivity contribution in [2.24, 2.45) is 0 Å². The van der Waals surface area contributed by atoms with Gasteiger partial charge in [0.15, 0.2) is 0 Å². The number of aliphatic hydroxyl groups excluding tert-OH is 1. The van der Waals surface area contributed by atoms with Crippen LogP contribution in [0.5, 0.6) is 5.75 Å². The van der Waals surface area contributed by atoms with Crippen LogP contribution >= 0.6 is 0 Å². The van der Waals surface area contributed by atoms with Crippen LogP contribution in [0.15, 0.2) is 24.3 Å². The summed E-state index contributed by atoms with van der Waals surface area (Å²) < 4.78 is 5.29. The first-order valence-corrected chi connectivity index (χ1v) is 4.69. The molecule has 2 nitrogen and oxygen atoms in total. The Morgan fingerprint density at radius 3 is 2.92 bits per heavy atom. The van der Waals surface area contributed by atoms with Crippen molar-refractivity contribution >= 4 is 0 Å². The topological polar surface area (TPSA) is 29.5 Å². The average molecular weight is 180 g/mol.